The maximum atomic E-state index is 3.86. The van der Waals surface area contributed by atoms with Crippen molar-refractivity contribution in [2.45, 2.75) is 0 Å². The standard InChI is InChI=1S/C36H20Br2/c37-29-18-16-27-33-28(17-19-30(38)36(29)33)35-32(24-15-14-21-8-4-5-11-23(21)20-24)26-13-7-6-12-25(26)31(34(27)35)22-9-2-1-3-10-22/h1-20H. The minimum absolute atomic E-state index is 1.11. The van der Waals surface area contributed by atoms with Gasteiger partial charge in [0.25, 0.3) is 0 Å². The Morgan fingerprint density at radius 3 is 1.58 bits per heavy atom. The van der Waals surface area contributed by atoms with Gasteiger partial charge in [0.2, 0.25) is 0 Å². The molecule has 0 nitrogen and oxygen atoms in total. The van der Waals surface area contributed by atoms with Crippen LogP contribution in [0, 0.1) is 0 Å². The normalized spacial score (nSPS) is 11.9. The van der Waals surface area contributed by atoms with E-state index in [-0.39, 0.29) is 0 Å². The summed E-state index contributed by atoms with van der Waals surface area (Å²) >= 11 is 7.71. The van der Waals surface area contributed by atoms with E-state index in [4.69, 9.17) is 0 Å². The van der Waals surface area contributed by atoms with Crippen LogP contribution in [0.25, 0.3) is 76.8 Å². The fraction of sp³-hybridized carbons (Fsp3) is 0. The highest BCUT2D eigenvalue weighted by molar-refractivity contribution is 9.11. The van der Waals surface area contributed by atoms with Crippen LogP contribution in [0.5, 0.6) is 0 Å². The number of rotatable bonds is 2. The molecule has 7 aromatic rings. The van der Waals surface area contributed by atoms with Crippen molar-refractivity contribution >= 4 is 64.2 Å². The van der Waals surface area contributed by atoms with E-state index in [2.05, 4.69) is 153 Å². The maximum Gasteiger partial charge on any atom is 0.0265 e. The quantitative estimate of drug-likeness (QED) is 0.182. The van der Waals surface area contributed by atoms with Gasteiger partial charge in [-0.3, -0.25) is 0 Å². The van der Waals surface area contributed by atoms with E-state index < -0.39 is 0 Å². The molecule has 0 saturated heterocycles. The second-order valence-electron chi connectivity index (χ2n) is 9.91. The molecular weight excluding hydrogens is 592 g/mol. The molecule has 1 aliphatic rings. The van der Waals surface area contributed by atoms with Crippen LogP contribution >= 0.6 is 31.9 Å². The minimum Gasteiger partial charge on any atom is -0.0622 e. The summed E-state index contributed by atoms with van der Waals surface area (Å²) in [5.41, 5.74) is 10.3. The molecule has 38 heavy (non-hydrogen) atoms. The lowest BCUT2D eigenvalue weighted by Crippen LogP contribution is -1.93. The molecule has 0 amide bonds. The molecule has 2 heteroatoms. The van der Waals surface area contributed by atoms with E-state index >= 15 is 0 Å². The molecule has 0 atom stereocenters. The van der Waals surface area contributed by atoms with Crippen LogP contribution in [0.4, 0.5) is 0 Å². The lowest BCUT2D eigenvalue weighted by molar-refractivity contribution is 1.63. The first-order chi connectivity index (χ1) is 18.7. The van der Waals surface area contributed by atoms with E-state index in [9.17, 15) is 0 Å². The Morgan fingerprint density at radius 2 is 0.921 bits per heavy atom. The zero-order chi connectivity index (χ0) is 25.4. The molecular formula is C36H20Br2. The summed E-state index contributed by atoms with van der Waals surface area (Å²) in [5.74, 6) is 0. The Morgan fingerprint density at radius 1 is 0.368 bits per heavy atom. The van der Waals surface area contributed by atoms with Crippen molar-refractivity contribution in [3.63, 3.8) is 0 Å². The van der Waals surface area contributed by atoms with Crippen molar-refractivity contribution in [1.29, 1.82) is 0 Å². The zero-order valence-electron chi connectivity index (χ0n) is 20.3. The number of hydrogen-bond acceptors (Lipinski definition) is 0. The van der Waals surface area contributed by atoms with Gasteiger partial charge in [-0.2, -0.15) is 0 Å². The van der Waals surface area contributed by atoms with Crippen molar-refractivity contribution in [3.8, 4) is 44.5 Å². The average Bonchev–Trinajstić information content (AvgIpc) is 3.28. The maximum absolute atomic E-state index is 3.86. The van der Waals surface area contributed by atoms with Gasteiger partial charge in [-0.1, -0.05) is 135 Å². The Balaban J connectivity index is 1.62. The van der Waals surface area contributed by atoms with Crippen molar-refractivity contribution in [3.05, 3.63) is 130 Å². The smallest absolute Gasteiger partial charge is 0.0265 e. The summed E-state index contributed by atoms with van der Waals surface area (Å²) in [5, 5.41) is 7.61. The first kappa shape index (κ1) is 22.3. The van der Waals surface area contributed by atoms with Gasteiger partial charge in [-0.25, -0.2) is 0 Å². The molecule has 7 aromatic carbocycles. The SMILES string of the molecule is Brc1ccc2c3c(ccc(Br)c13)-c1c-2c(-c2ccccc2)c2ccccc2c1-c1ccc2ccccc2c1. The number of fused-ring (bicyclic) bond motifs is 5. The molecule has 0 aromatic heterocycles. The highest BCUT2D eigenvalue weighted by Crippen LogP contribution is 2.59. The minimum atomic E-state index is 1.11. The molecule has 0 radical (unpaired) electrons. The van der Waals surface area contributed by atoms with E-state index in [0.29, 0.717) is 0 Å². The van der Waals surface area contributed by atoms with Crippen LogP contribution in [-0.4, -0.2) is 0 Å². The monoisotopic (exact) mass is 610 g/mol. The number of hydrogen-bond donors (Lipinski definition) is 0. The Labute approximate surface area is 237 Å². The summed E-state index contributed by atoms with van der Waals surface area (Å²) in [7, 11) is 0. The Bertz CT molecular complexity index is 2080. The highest BCUT2D eigenvalue weighted by Gasteiger charge is 2.31. The summed E-state index contributed by atoms with van der Waals surface area (Å²) in [6.07, 6.45) is 0. The lowest BCUT2D eigenvalue weighted by Gasteiger charge is -2.20. The second kappa shape index (κ2) is 8.39. The van der Waals surface area contributed by atoms with Gasteiger partial charge in [-0.15, -0.1) is 0 Å². The van der Waals surface area contributed by atoms with Crippen molar-refractivity contribution in [1.82, 2.24) is 0 Å². The van der Waals surface area contributed by atoms with Crippen LogP contribution < -0.4 is 0 Å². The van der Waals surface area contributed by atoms with Crippen LogP contribution in [0.1, 0.15) is 0 Å². The highest BCUT2D eigenvalue weighted by atomic mass is 79.9. The molecule has 1 aliphatic carbocycles. The van der Waals surface area contributed by atoms with Gasteiger partial charge in [0.05, 0.1) is 0 Å². The largest absolute Gasteiger partial charge is 0.0622 e. The first-order valence-corrected chi connectivity index (χ1v) is 14.3. The summed E-state index contributed by atoms with van der Waals surface area (Å²) in [6, 6.07) is 44.3. The third-order valence-corrected chi connectivity index (χ3v) is 9.24. The molecule has 0 aliphatic heterocycles. The molecule has 0 unspecified atom stereocenters. The third-order valence-electron chi connectivity index (χ3n) is 7.91. The first-order valence-electron chi connectivity index (χ1n) is 12.8. The molecule has 178 valence electrons. The van der Waals surface area contributed by atoms with Crippen LogP contribution in [0.15, 0.2) is 130 Å². The molecule has 0 fully saturated rings. The average molecular weight is 612 g/mol. The van der Waals surface area contributed by atoms with E-state index in [1.165, 1.54) is 76.8 Å². The number of benzene rings is 7. The molecule has 0 bridgehead atoms. The van der Waals surface area contributed by atoms with Gasteiger partial charge in [0.1, 0.15) is 0 Å². The van der Waals surface area contributed by atoms with Gasteiger partial charge >= 0.3 is 0 Å². The van der Waals surface area contributed by atoms with Crippen LogP contribution in [0.3, 0.4) is 0 Å². The second-order valence-corrected chi connectivity index (χ2v) is 11.6. The zero-order valence-corrected chi connectivity index (χ0v) is 23.5. The molecule has 8 rings (SSSR count). The Hall–Kier alpha value is -3.72. The topological polar surface area (TPSA) is 0 Å². The van der Waals surface area contributed by atoms with Crippen molar-refractivity contribution in [2.24, 2.45) is 0 Å². The molecule has 0 heterocycles. The van der Waals surface area contributed by atoms with E-state index in [0.717, 1.165) is 8.95 Å². The Kier molecular flexibility index (Phi) is 4.92. The van der Waals surface area contributed by atoms with Crippen molar-refractivity contribution in [2.75, 3.05) is 0 Å². The lowest BCUT2D eigenvalue weighted by atomic mass is 9.82. The summed E-state index contributed by atoms with van der Waals surface area (Å²) in [6.45, 7) is 0. The van der Waals surface area contributed by atoms with E-state index in [1.807, 2.05) is 0 Å². The van der Waals surface area contributed by atoms with Gasteiger partial charge in [0.15, 0.2) is 0 Å². The third kappa shape index (κ3) is 3.08. The van der Waals surface area contributed by atoms with Gasteiger partial charge < -0.3 is 0 Å². The summed E-state index contributed by atoms with van der Waals surface area (Å²) in [4.78, 5) is 0. The van der Waals surface area contributed by atoms with Gasteiger partial charge in [0, 0.05) is 14.3 Å². The fourth-order valence-electron chi connectivity index (χ4n) is 6.36. The van der Waals surface area contributed by atoms with Crippen LogP contribution in [-0.2, 0) is 0 Å². The molecule has 0 saturated carbocycles. The summed E-state index contributed by atoms with van der Waals surface area (Å²) < 4.78 is 2.21. The molecule has 0 N–H and O–H groups in total. The van der Waals surface area contributed by atoms with Crippen molar-refractivity contribution < 1.29 is 0 Å². The molecule has 0 spiro atoms. The van der Waals surface area contributed by atoms with Gasteiger partial charge in [-0.05, 0) is 89.6 Å². The predicted molar refractivity (Wildman–Crippen MR) is 170 cm³/mol. The predicted octanol–water partition coefficient (Wildman–Crippen LogP) is 11.7. The fourth-order valence-corrected chi connectivity index (χ4v) is 7.71. The van der Waals surface area contributed by atoms with Crippen LogP contribution in [0.2, 0.25) is 0 Å². The van der Waals surface area contributed by atoms with E-state index in [1.54, 1.807) is 0 Å². The number of halogens is 2.